The monoisotopic (exact) mass is 378 g/mol. The number of hydrogen-bond donors (Lipinski definition) is 0. The van der Waals surface area contributed by atoms with Crippen LogP contribution in [0.5, 0.6) is 0 Å². The number of nitrogens with zero attached hydrogens (tertiary/aromatic N) is 2. The van der Waals surface area contributed by atoms with Crippen molar-refractivity contribution in [3.63, 3.8) is 0 Å². The van der Waals surface area contributed by atoms with Crippen molar-refractivity contribution in [2.75, 3.05) is 0 Å². The molecule has 3 nitrogen and oxygen atoms in total. The minimum absolute atomic E-state index is 0.732. The van der Waals surface area contributed by atoms with Crippen molar-refractivity contribution in [2.24, 2.45) is 0 Å². The van der Waals surface area contributed by atoms with Gasteiger partial charge < -0.3 is 0 Å². The summed E-state index contributed by atoms with van der Waals surface area (Å²) in [6, 6.07) is 11.6. The van der Waals surface area contributed by atoms with Crippen LogP contribution in [-0.4, -0.2) is 13.2 Å². The molecule has 2 aromatic heterocycles. The first-order chi connectivity index (χ1) is 10.6. The van der Waals surface area contributed by atoms with Gasteiger partial charge >= 0.3 is 0 Å². The van der Waals surface area contributed by atoms with Gasteiger partial charge in [0.2, 0.25) is 0 Å². The molecule has 3 rings (SSSR count). The molecule has 0 saturated heterocycles. The van der Waals surface area contributed by atoms with E-state index in [-0.39, 0.29) is 0 Å². The van der Waals surface area contributed by atoms with Crippen LogP contribution < -0.4 is 0 Å². The van der Waals surface area contributed by atoms with Gasteiger partial charge in [-0.2, -0.15) is 0 Å². The molecule has 0 aliphatic carbocycles. The van der Waals surface area contributed by atoms with E-state index in [1.54, 1.807) is 10.2 Å². The lowest BCUT2D eigenvalue weighted by Crippen LogP contribution is -2.07. The molecule has 0 aliphatic heterocycles. The molecule has 0 radical (unpaired) electrons. The number of hydrogen-bond acceptors (Lipinski definition) is 2. The predicted molar refractivity (Wildman–Crippen MR) is 96.5 cm³/mol. The third-order valence-electron chi connectivity index (χ3n) is 3.17. The fourth-order valence-corrected chi connectivity index (χ4v) is 3.75. The van der Waals surface area contributed by atoms with Crippen LogP contribution in [-0.2, 0) is 11.0 Å². The number of fused-ring (bicyclic) bond motifs is 1. The maximum atomic E-state index is 12.8. The maximum absolute atomic E-state index is 12.8. The maximum Gasteiger partial charge on any atom is 0.158 e. The molecule has 0 bridgehead atoms. The summed E-state index contributed by atoms with van der Waals surface area (Å²) in [5.41, 5.74) is 2.81. The molecular weight excluding hydrogens is 360 g/mol. The highest BCUT2D eigenvalue weighted by Crippen LogP contribution is 2.27. The first kappa shape index (κ1) is 16.9. The van der Waals surface area contributed by atoms with Gasteiger partial charge in [0.05, 0.1) is 4.90 Å². The van der Waals surface area contributed by atoms with Crippen LogP contribution >= 0.6 is 15.9 Å². The zero-order chi connectivity index (χ0) is 16.3. The summed E-state index contributed by atoms with van der Waals surface area (Å²) in [7, 11) is -1.29. The SMILES string of the molecule is CC.Cc1ccc(S(=O)n2c(C)cc3c(Br)ccnc32)cc1. The van der Waals surface area contributed by atoms with Crippen LogP contribution in [0.3, 0.4) is 0 Å². The molecule has 1 atom stereocenters. The van der Waals surface area contributed by atoms with Crippen LogP contribution in [0.4, 0.5) is 0 Å². The van der Waals surface area contributed by atoms with Crippen molar-refractivity contribution < 1.29 is 4.21 Å². The second-order valence-electron chi connectivity index (χ2n) is 4.67. The summed E-state index contributed by atoms with van der Waals surface area (Å²) >= 11 is 3.51. The van der Waals surface area contributed by atoms with Gasteiger partial charge in [-0.25, -0.2) is 13.2 Å². The fourth-order valence-electron chi connectivity index (χ4n) is 2.14. The zero-order valence-electron chi connectivity index (χ0n) is 13.1. The van der Waals surface area contributed by atoms with Crippen LogP contribution in [0.2, 0.25) is 0 Å². The van der Waals surface area contributed by atoms with Gasteiger partial charge in [-0.3, -0.25) is 0 Å². The molecule has 0 spiro atoms. The largest absolute Gasteiger partial charge is 0.243 e. The van der Waals surface area contributed by atoms with Crippen molar-refractivity contribution in [1.82, 2.24) is 8.96 Å². The molecule has 0 amide bonds. The second kappa shape index (κ2) is 7.20. The quantitative estimate of drug-likeness (QED) is 0.627. The van der Waals surface area contributed by atoms with Crippen molar-refractivity contribution >= 4 is 37.9 Å². The standard InChI is InChI=1S/C15H13BrN2OS.C2H6/c1-10-3-5-12(6-4-10)20(19)18-11(2)9-13-14(16)7-8-17-15(13)18;1-2/h3-9H,1-2H3;1-2H3. The Labute approximate surface area is 142 Å². The molecule has 1 aromatic carbocycles. The van der Waals surface area contributed by atoms with E-state index in [4.69, 9.17) is 0 Å². The Balaban J connectivity index is 0.000000847. The number of aromatic nitrogens is 2. The molecule has 116 valence electrons. The van der Waals surface area contributed by atoms with E-state index in [0.29, 0.717) is 0 Å². The number of halogens is 1. The molecule has 0 saturated carbocycles. The second-order valence-corrected chi connectivity index (χ2v) is 6.86. The molecule has 5 heteroatoms. The van der Waals surface area contributed by atoms with E-state index >= 15 is 0 Å². The third-order valence-corrected chi connectivity index (χ3v) is 5.33. The van der Waals surface area contributed by atoms with Gasteiger partial charge in [0.1, 0.15) is 0 Å². The Morgan fingerprint density at radius 1 is 1.09 bits per heavy atom. The Bertz CT molecular complexity index is 809. The van der Waals surface area contributed by atoms with Crippen molar-refractivity contribution in [3.8, 4) is 0 Å². The number of rotatable bonds is 2. The van der Waals surface area contributed by atoms with E-state index in [1.807, 2.05) is 64.1 Å². The lowest BCUT2D eigenvalue weighted by atomic mass is 10.2. The minimum Gasteiger partial charge on any atom is -0.243 e. The summed E-state index contributed by atoms with van der Waals surface area (Å²) in [6.07, 6.45) is 1.72. The highest BCUT2D eigenvalue weighted by Gasteiger charge is 2.15. The molecule has 2 heterocycles. The molecule has 0 N–H and O–H groups in total. The average Bonchev–Trinajstić information content (AvgIpc) is 2.87. The van der Waals surface area contributed by atoms with Crippen molar-refractivity contribution in [3.05, 3.63) is 58.3 Å². The van der Waals surface area contributed by atoms with E-state index in [2.05, 4.69) is 20.9 Å². The molecule has 22 heavy (non-hydrogen) atoms. The lowest BCUT2D eigenvalue weighted by Gasteiger charge is -2.07. The fraction of sp³-hybridized carbons (Fsp3) is 0.235. The Hall–Kier alpha value is -1.46. The molecule has 0 fully saturated rings. The zero-order valence-corrected chi connectivity index (χ0v) is 15.5. The van der Waals surface area contributed by atoms with Crippen molar-refractivity contribution in [2.45, 2.75) is 32.6 Å². The smallest absolute Gasteiger partial charge is 0.158 e. The average molecular weight is 379 g/mol. The summed E-state index contributed by atoms with van der Waals surface area (Å²) in [5, 5.41) is 0.977. The lowest BCUT2D eigenvalue weighted by molar-refractivity contribution is 0.677. The molecular formula is C17H19BrN2OS. The third kappa shape index (κ3) is 3.15. The van der Waals surface area contributed by atoms with Crippen LogP contribution in [0.1, 0.15) is 25.1 Å². The molecule has 1 unspecified atom stereocenters. The first-order valence-corrected chi connectivity index (χ1v) is 9.09. The Morgan fingerprint density at radius 3 is 2.36 bits per heavy atom. The normalized spacial score (nSPS) is 11.9. The number of pyridine rings is 1. The molecule has 0 aliphatic rings. The Kier molecular flexibility index (Phi) is 5.53. The van der Waals surface area contributed by atoms with Gasteiger partial charge in [-0.1, -0.05) is 31.5 Å². The number of aryl methyl sites for hydroxylation is 2. The van der Waals surface area contributed by atoms with Crippen LogP contribution in [0.25, 0.3) is 11.0 Å². The highest BCUT2D eigenvalue weighted by molar-refractivity contribution is 9.10. The highest BCUT2D eigenvalue weighted by atomic mass is 79.9. The van der Waals surface area contributed by atoms with Gasteiger partial charge in [0, 0.05) is 21.7 Å². The molecule has 3 aromatic rings. The minimum atomic E-state index is -1.29. The number of benzene rings is 1. The van der Waals surface area contributed by atoms with E-state index in [1.165, 1.54) is 0 Å². The summed E-state index contributed by atoms with van der Waals surface area (Å²) in [6.45, 7) is 7.96. The van der Waals surface area contributed by atoms with E-state index in [0.717, 1.165) is 31.7 Å². The van der Waals surface area contributed by atoms with Crippen LogP contribution in [0.15, 0.2) is 52.0 Å². The van der Waals surface area contributed by atoms with Crippen LogP contribution in [0, 0.1) is 13.8 Å². The van der Waals surface area contributed by atoms with Gasteiger partial charge in [0.15, 0.2) is 16.6 Å². The van der Waals surface area contributed by atoms with E-state index < -0.39 is 11.0 Å². The summed E-state index contributed by atoms with van der Waals surface area (Å²) < 4.78 is 15.5. The summed E-state index contributed by atoms with van der Waals surface area (Å²) in [4.78, 5) is 5.14. The van der Waals surface area contributed by atoms with Crippen molar-refractivity contribution in [1.29, 1.82) is 0 Å². The topological polar surface area (TPSA) is 34.9 Å². The van der Waals surface area contributed by atoms with Gasteiger partial charge in [0.25, 0.3) is 0 Å². The van der Waals surface area contributed by atoms with E-state index in [9.17, 15) is 4.21 Å². The van der Waals surface area contributed by atoms with Gasteiger partial charge in [-0.15, -0.1) is 0 Å². The summed E-state index contributed by atoms with van der Waals surface area (Å²) in [5.74, 6) is 0. The predicted octanol–water partition coefficient (Wildman–Crippen LogP) is 5.01. The first-order valence-electron chi connectivity index (χ1n) is 7.19. The van der Waals surface area contributed by atoms with Gasteiger partial charge in [-0.05, 0) is 54.0 Å². The Morgan fingerprint density at radius 2 is 1.73 bits per heavy atom.